The Kier molecular flexibility index (Phi) is 6.23. The van der Waals surface area contributed by atoms with Gasteiger partial charge in [0.05, 0.1) is 19.3 Å². The van der Waals surface area contributed by atoms with Gasteiger partial charge in [-0.3, -0.25) is 4.79 Å². The average molecular weight is 262 g/mol. The van der Waals surface area contributed by atoms with Crippen molar-refractivity contribution in [3.05, 3.63) is 24.3 Å². The average Bonchev–Trinajstić information content (AvgIpc) is 2.40. The molecule has 0 heterocycles. The minimum atomic E-state index is -0.810. The zero-order valence-electron chi connectivity index (χ0n) is 11.2. The normalized spacial score (nSPS) is 11.2. The Bertz CT molecular complexity index is 454. The van der Waals surface area contributed by atoms with Crippen LogP contribution < -0.4 is 10.1 Å². The van der Waals surface area contributed by atoms with Gasteiger partial charge in [0.25, 0.3) is 0 Å². The summed E-state index contributed by atoms with van der Waals surface area (Å²) in [6.45, 7) is 4.70. The molecule has 0 spiro atoms. The molecule has 19 heavy (non-hydrogen) atoms. The number of hydrogen-bond donors (Lipinski definition) is 1. The van der Waals surface area contributed by atoms with Crippen molar-refractivity contribution in [3.63, 3.8) is 0 Å². The summed E-state index contributed by atoms with van der Waals surface area (Å²) in [6.07, 6.45) is 0. The van der Waals surface area contributed by atoms with E-state index < -0.39 is 11.9 Å². The Morgan fingerprint density at radius 3 is 2.84 bits per heavy atom. The van der Waals surface area contributed by atoms with Crippen LogP contribution in [0.4, 0.5) is 5.69 Å². The number of rotatable bonds is 7. The van der Waals surface area contributed by atoms with E-state index in [0.29, 0.717) is 6.61 Å². The quantitative estimate of drug-likeness (QED) is 0.763. The Balaban J connectivity index is 2.57. The zero-order valence-corrected chi connectivity index (χ0v) is 11.2. The van der Waals surface area contributed by atoms with E-state index in [4.69, 9.17) is 14.7 Å². The van der Waals surface area contributed by atoms with E-state index >= 15 is 0 Å². The van der Waals surface area contributed by atoms with Gasteiger partial charge in [-0.25, -0.2) is 0 Å². The van der Waals surface area contributed by atoms with Crippen molar-refractivity contribution >= 4 is 11.7 Å². The van der Waals surface area contributed by atoms with Crippen LogP contribution in [0.15, 0.2) is 24.3 Å². The van der Waals surface area contributed by atoms with Gasteiger partial charge < -0.3 is 14.8 Å². The standard InChI is InChI=1S/C14H18N2O3/c1-3-18-13-7-5-6-12(8-13)16-10-11(9-15)14(17)19-4-2/h5-8,11,16H,3-4,10H2,1-2H3. The molecular weight excluding hydrogens is 244 g/mol. The molecule has 1 unspecified atom stereocenters. The highest BCUT2D eigenvalue weighted by Gasteiger charge is 2.18. The topological polar surface area (TPSA) is 71.4 Å². The summed E-state index contributed by atoms with van der Waals surface area (Å²) in [7, 11) is 0. The van der Waals surface area contributed by atoms with E-state index in [0.717, 1.165) is 11.4 Å². The molecule has 0 saturated heterocycles. The zero-order chi connectivity index (χ0) is 14.1. The van der Waals surface area contributed by atoms with Crippen LogP contribution in [0.25, 0.3) is 0 Å². The number of benzene rings is 1. The van der Waals surface area contributed by atoms with Crippen LogP contribution in [0.2, 0.25) is 0 Å². The third-order valence-electron chi connectivity index (χ3n) is 2.38. The first kappa shape index (κ1) is 14.8. The van der Waals surface area contributed by atoms with Crippen LogP contribution in [0, 0.1) is 17.2 Å². The molecule has 5 heteroatoms. The third kappa shape index (κ3) is 4.88. The van der Waals surface area contributed by atoms with Gasteiger partial charge in [-0.15, -0.1) is 0 Å². The lowest BCUT2D eigenvalue weighted by Gasteiger charge is -2.11. The first-order valence-corrected chi connectivity index (χ1v) is 6.24. The predicted molar refractivity (Wildman–Crippen MR) is 71.8 cm³/mol. The lowest BCUT2D eigenvalue weighted by atomic mass is 10.1. The fraction of sp³-hybridized carbons (Fsp3) is 0.429. The molecule has 0 radical (unpaired) electrons. The Labute approximate surface area is 113 Å². The molecule has 0 aliphatic heterocycles. The number of nitriles is 1. The maximum atomic E-state index is 11.5. The van der Waals surface area contributed by atoms with Gasteiger partial charge in [0, 0.05) is 18.3 Å². The van der Waals surface area contributed by atoms with Crippen molar-refractivity contribution in [2.24, 2.45) is 5.92 Å². The second-order valence-corrected chi connectivity index (χ2v) is 3.78. The van der Waals surface area contributed by atoms with Crippen molar-refractivity contribution in [2.45, 2.75) is 13.8 Å². The van der Waals surface area contributed by atoms with E-state index in [1.54, 1.807) is 6.92 Å². The maximum absolute atomic E-state index is 11.5. The van der Waals surface area contributed by atoms with Crippen molar-refractivity contribution in [1.29, 1.82) is 5.26 Å². The van der Waals surface area contributed by atoms with Crippen molar-refractivity contribution < 1.29 is 14.3 Å². The molecule has 1 aromatic rings. The summed E-state index contributed by atoms with van der Waals surface area (Å²) in [5.74, 6) is -0.564. The Morgan fingerprint density at radius 1 is 1.42 bits per heavy atom. The largest absolute Gasteiger partial charge is 0.494 e. The number of anilines is 1. The number of carbonyl (C=O) groups excluding carboxylic acids is 1. The minimum absolute atomic E-state index is 0.213. The van der Waals surface area contributed by atoms with Crippen LogP contribution >= 0.6 is 0 Å². The van der Waals surface area contributed by atoms with Gasteiger partial charge in [0.2, 0.25) is 0 Å². The number of nitrogens with zero attached hydrogens (tertiary/aromatic N) is 1. The first-order valence-electron chi connectivity index (χ1n) is 6.24. The van der Waals surface area contributed by atoms with Crippen molar-refractivity contribution in [1.82, 2.24) is 0 Å². The molecular formula is C14H18N2O3. The van der Waals surface area contributed by atoms with Gasteiger partial charge >= 0.3 is 5.97 Å². The first-order chi connectivity index (χ1) is 9.21. The molecule has 1 aromatic carbocycles. The maximum Gasteiger partial charge on any atom is 0.325 e. The molecule has 0 saturated carbocycles. The number of ether oxygens (including phenoxy) is 2. The summed E-state index contributed by atoms with van der Waals surface area (Å²) in [5, 5.41) is 12.0. The number of hydrogen-bond acceptors (Lipinski definition) is 5. The van der Waals surface area contributed by atoms with Crippen LogP contribution in [0.3, 0.4) is 0 Å². The van der Waals surface area contributed by atoms with Gasteiger partial charge in [-0.05, 0) is 26.0 Å². The van der Waals surface area contributed by atoms with Gasteiger partial charge in [0.1, 0.15) is 5.75 Å². The smallest absolute Gasteiger partial charge is 0.325 e. The summed E-state index contributed by atoms with van der Waals surface area (Å²) < 4.78 is 10.2. The summed E-state index contributed by atoms with van der Waals surface area (Å²) in [5.41, 5.74) is 0.801. The fourth-order valence-corrected chi connectivity index (χ4v) is 1.51. The number of carbonyl (C=O) groups is 1. The third-order valence-corrected chi connectivity index (χ3v) is 2.38. The molecule has 5 nitrogen and oxygen atoms in total. The summed E-state index contributed by atoms with van der Waals surface area (Å²) in [4.78, 5) is 11.5. The van der Waals surface area contributed by atoms with Crippen LogP contribution in [-0.4, -0.2) is 25.7 Å². The van der Waals surface area contributed by atoms with Crippen molar-refractivity contribution in [2.75, 3.05) is 25.1 Å². The summed E-state index contributed by atoms with van der Waals surface area (Å²) >= 11 is 0. The molecule has 1 rings (SSSR count). The van der Waals surface area contributed by atoms with Gasteiger partial charge in [-0.1, -0.05) is 6.07 Å². The minimum Gasteiger partial charge on any atom is -0.494 e. The fourth-order valence-electron chi connectivity index (χ4n) is 1.51. The SMILES string of the molecule is CCOC(=O)C(C#N)CNc1cccc(OCC)c1. The van der Waals surface area contributed by atoms with E-state index in [1.165, 1.54) is 0 Å². The van der Waals surface area contributed by atoms with E-state index in [2.05, 4.69) is 5.32 Å². The van der Waals surface area contributed by atoms with E-state index in [9.17, 15) is 4.79 Å². The molecule has 102 valence electrons. The van der Waals surface area contributed by atoms with Crippen molar-refractivity contribution in [3.8, 4) is 11.8 Å². The lowest BCUT2D eigenvalue weighted by molar-refractivity contribution is -0.145. The highest BCUT2D eigenvalue weighted by molar-refractivity contribution is 5.76. The summed E-state index contributed by atoms with van der Waals surface area (Å²) in [6, 6.07) is 9.30. The lowest BCUT2D eigenvalue weighted by Crippen LogP contribution is -2.23. The predicted octanol–water partition coefficient (Wildman–Crippen LogP) is 2.20. The van der Waals surface area contributed by atoms with E-state index in [-0.39, 0.29) is 13.2 Å². The van der Waals surface area contributed by atoms with E-state index in [1.807, 2.05) is 37.3 Å². The molecule has 0 aromatic heterocycles. The Hall–Kier alpha value is -2.22. The molecule has 1 atom stereocenters. The second-order valence-electron chi connectivity index (χ2n) is 3.78. The molecule has 0 bridgehead atoms. The monoisotopic (exact) mass is 262 g/mol. The molecule has 1 N–H and O–H groups in total. The number of nitrogens with one attached hydrogen (secondary N) is 1. The van der Waals surface area contributed by atoms with Crippen LogP contribution in [-0.2, 0) is 9.53 Å². The Morgan fingerprint density at radius 2 is 2.21 bits per heavy atom. The highest BCUT2D eigenvalue weighted by Crippen LogP contribution is 2.17. The van der Waals surface area contributed by atoms with Crippen LogP contribution in [0.5, 0.6) is 5.75 Å². The molecule has 0 fully saturated rings. The van der Waals surface area contributed by atoms with Crippen LogP contribution in [0.1, 0.15) is 13.8 Å². The number of esters is 1. The second kappa shape index (κ2) is 7.98. The van der Waals surface area contributed by atoms with Gasteiger partial charge in [-0.2, -0.15) is 5.26 Å². The highest BCUT2D eigenvalue weighted by atomic mass is 16.5. The molecule has 0 aliphatic carbocycles. The van der Waals surface area contributed by atoms with Gasteiger partial charge in [0.15, 0.2) is 5.92 Å². The molecule has 0 amide bonds. The molecule has 0 aliphatic rings.